The van der Waals surface area contributed by atoms with Gasteiger partial charge in [-0.25, -0.2) is 8.42 Å². The summed E-state index contributed by atoms with van der Waals surface area (Å²) in [6.45, 7) is 5.82. The number of carbonyl (C=O) groups is 1. The SMILES string of the molecule is Cc1cccc(CNC(=O)CN(c2ccc(C)c(C)c2)S(=O)(=O)c2ccc(Cl)cc2)c1. The van der Waals surface area contributed by atoms with Crippen molar-refractivity contribution in [3.8, 4) is 0 Å². The number of hydrogen-bond donors (Lipinski definition) is 1. The number of nitrogens with zero attached hydrogens (tertiary/aromatic N) is 1. The second kappa shape index (κ2) is 9.54. The second-order valence-corrected chi connectivity index (χ2v) is 9.80. The van der Waals surface area contributed by atoms with Gasteiger partial charge in [-0.3, -0.25) is 9.10 Å². The zero-order valence-electron chi connectivity index (χ0n) is 17.7. The van der Waals surface area contributed by atoms with Gasteiger partial charge in [0.25, 0.3) is 10.0 Å². The molecule has 0 atom stereocenters. The largest absolute Gasteiger partial charge is 0.350 e. The number of benzene rings is 3. The van der Waals surface area contributed by atoms with E-state index in [1.54, 1.807) is 12.1 Å². The highest BCUT2D eigenvalue weighted by Gasteiger charge is 2.27. The molecule has 3 rings (SSSR count). The lowest BCUT2D eigenvalue weighted by atomic mass is 10.1. The number of amides is 1. The highest BCUT2D eigenvalue weighted by molar-refractivity contribution is 7.92. The van der Waals surface area contributed by atoms with E-state index in [1.807, 2.05) is 51.1 Å². The Hall–Kier alpha value is -2.83. The van der Waals surface area contributed by atoms with E-state index in [9.17, 15) is 13.2 Å². The fourth-order valence-corrected chi connectivity index (χ4v) is 4.68. The summed E-state index contributed by atoms with van der Waals surface area (Å²) in [5, 5.41) is 3.26. The molecule has 0 aromatic heterocycles. The van der Waals surface area contributed by atoms with E-state index in [-0.39, 0.29) is 11.4 Å². The first-order chi connectivity index (χ1) is 14.7. The third-order valence-electron chi connectivity index (χ3n) is 5.04. The molecule has 3 aromatic carbocycles. The molecule has 162 valence electrons. The molecule has 31 heavy (non-hydrogen) atoms. The summed E-state index contributed by atoms with van der Waals surface area (Å²) in [5.74, 6) is -0.391. The van der Waals surface area contributed by atoms with Gasteiger partial charge in [-0.15, -0.1) is 0 Å². The predicted octanol–water partition coefficient (Wildman–Crippen LogP) is 4.78. The van der Waals surface area contributed by atoms with Gasteiger partial charge in [0, 0.05) is 11.6 Å². The topological polar surface area (TPSA) is 66.5 Å². The number of anilines is 1. The minimum absolute atomic E-state index is 0.0709. The Bertz CT molecular complexity index is 1190. The zero-order valence-corrected chi connectivity index (χ0v) is 19.3. The first kappa shape index (κ1) is 22.8. The summed E-state index contributed by atoms with van der Waals surface area (Å²) >= 11 is 5.92. The van der Waals surface area contributed by atoms with Crippen LogP contribution < -0.4 is 9.62 Å². The maximum atomic E-state index is 13.4. The summed E-state index contributed by atoms with van der Waals surface area (Å²) in [4.78, 5) is 12.8. The van der Waals surface area contributed by atoms with Crippen LogP contribution in [0.2, 0.25) is 5.02 Å². The van der Waals surface area contributed by atoms with E-state index >= 15 is 0 Å². The number of carbonyl (C=O) groups excluding carboxylic acids is 1. The van der Waals surface area contributed by atoms with Crippen LogP contribution in [0.5, 0.6) is 0 Å². The molecular weight excluding hydrogens is 432 g/mol. The summed E-state index contributed by atoms with van der Waals surface area (Å²) in [7, 11) is -3.97. The van der Waals surface area contributed by atoms with E-state index in [2.05, 4.69) is 5.32 Å². The Kier molecular flexibility index (Phi) is 7.03. The van der Waals surface area contributed by atoms with Crippen molar-refractivity contribution in [2.45, 2.75) is 32.2 Å². The zero-order chi connectivity index (χ0) is 22.6. The van der Waals surface area contributed by atoms with Gasteiger partial charge >= 0.3 is 0 Å². The quantitative estimate of drug-likeness (QED) is 0.556. The number of nitrogens with one attached hydrogen (secondary N) is 1. The van der Waals surface area contributed by atoms with Crippen LogP contribution in [-0.4, -0.2) is 20.9 Å². The molecule has 0 spiro atoms. The smallest absolute Gasteiger partial charge is 0.264 e. The molecular formula is C24H25ClN2O3S. The van der Waals surface area contributed by atoms with Crippen molar-refractivity contribution in [1.82, 2.24) is 5.32 Å². The van der Waals surface area contributed by atoms with Crippen LogP contribution in [0.25, 0.3) is 0 Å². The summed E-state index contributed by atoms with van der Waals surface area (Å²) < 4.78 is 27.9. The average Bonchev–Trinajstić information content (AvgIpc) is 2.73. The molecule has 7 heteroatoms. The molecule has 0 radical (unpaired) electrons. The molecule has 5 nitrogen and oxygen atoms in total. The van der Waals surface area contributed by atoms with Crippen molar-refractivity contribution in [2.24, 2.45) is 0 Å². The molecule has 0 aliphatic rings. The lowest BCUT2D eigenvalue weighted by molar-refractivity contribution is -0.119. The first-order valence-electron chi connectivity index (χ1n) is 9.84. The molecule has 0 aliphatic carbocycles. The van der Waals surface area contributed by atoms with Crippen LogP contribution in [0.3, 0.4) is 0 Å². The second-order valence-electron chi connectivity index (χ2n) is 7.50. The fourth-order valence-electron chi connectivity index (χ4n) is 3.14. The van der Waals surface area contributed by atoms with E-state index in [0.29, 0.717) is 17.3 Å². The number of rotatable bonds is 7. The maximum Gasteiger partial charge on any atom is 0.264 e. The Morgan fingerprint density at radius 3 is 2.29 bits per heavy atom. The normalized spacial score (nSPS) is 11.2. The Morgan fingerprint density at radius 2 is 1.65 bits per heavy atom. The Labute approximate surface area is 188 Å². The lowest BCUT2D eigenvalue weighted by Gasteiger charge is -2.25. The number of hydrogen-bond acceptors (Lipinski definition) is 3. The molecule has 1 amide bonds. The van der Waals surface area contributed by atoms with Crippen LogP contribution in [0, 0.1) is 20.8 Å². The van der Waals surface area contributed by atoms with Gasteiger partial charge in [-0.05, 0) is 73.9 Å². The van der Waals surface area contributed by atoms with Crippen molar-refractivity contribution < 1.29 is 13.2 Å². The molecule has 0 heterocycles. The van der Waals surface area contributed by atoms with E-state index in [0.717, 1.165) is 26.6 Å². The molecule has 0 saturated heterocycles. The maximum absolute atomic E-state index is 13.4. The standard InChI is InChI=1S/C24H25ClN2O3S/c1-17-5-4-6-20(13-17)15-26-24(28)16-27(22-10-7-18(2)19(3)14-22)31(29,30)23-11-8-21(25)9-12-23/h4-14H,15-16H2,1-3H3,(H,26,28). The Balaban J connectivity index is 1.89. The third-order valence-corrected chi connectivity index (χ3v) is 7.08. The minimum Gasteiger partial charge on any atom is -0.350 e. The van der Waals surface area contributed by atoms with Crippen molar-refractivity contribution in [1.29, 1.82) is 0 Å². The molecule has 0 bridgehead atoms. The van der Waals surface area contributed by atoms with Gasteiger partial charge in [0.2, 0.25) is 5.91 Å². The molecule has 0 aliphatic heterocycles. The van der Waals surface area contributed by atoms with Crippen molar-refractivity contribution in [3.05, 3.63) is 94.0 Å². The van der Waals surface area contributed by atoms with E-state index in [1.165, 1.54) is 24.3 Å². The molecule has 0 saturated carbocycles. The molecule has 0 fully saturated rings. The van der Waals surface area contributed by atoms with Gasteiger partial charge in [-0.1, -0.05) is 47.5 Å². The minimum atomic E-state index is -3.97. The van der Waals surface area contributed by atoms with Crippen molar-refractivity contribution in [3.63, 3.8) is 0 Å². The van der Waals surface area contributed by atoms with Crippen LogP contribution in [0.1, 0.15) is 22.3 Å². The Morgan fingerprint density at radius 1 is 0.935 bits per heavy atom. The fraction of sp³-hybridized carbons (Fsp3) is 0.208. The van der Waals surface area contributed by atoms with Gasteiger partial charge < -0.3 is 5.32 Å². The number of aryl methyl sites for hydroxylation is 3. The number of sulfonamides is 1. The highest BCUT2D eigenvalue weighted by Crippen LogP contribution is 2.26. The van der Waals surface area contributed by atoms with Crippen LogP contribution >= 0.6 is 11.6 Å². The highest BCUT2D eigenvalue weighted by atomic mass is 35.5. The van der Waals surface area contributed by atoms with Crippen LogP contribution in [-0.2, 0) is 21.4 Å². The predicted molar refractivity (Wildman–Crippen MR) is 125 cm³/mol. The summed E-state index contributed by atoms with van der Waals surface area (Å²) in [6, 6.07) is 19.0. The first-order valence-corrected chi connectivity index (χ1v) is 11.7. The van der Waals surface area contributed by atoms with E-state index < -0.39 is 15.9 Å². The van der Waals surface area contributed by atoms with Gasteiger partial charge in [0.15, 0.2) is 0 Å². The van der Waals surface area contributed by atoms with Gasteiger partial charge in [0.05, 0.1) is 10.6 Å². The number of halogens is 1. The van der Waals surface area contributed by atoms with Crippen molar-refractivity contribution >= 4 is 33.2 Å². The molecule has 1 N–H and O–H groups in total. The average molecular weight is 457 g/mol. The lowest BCUT2D eigenvalue weighted by Crippen LogP contribution is -2.40. The summed E-state index contributed by atoms with van der Waals surface area (Å²) in [6.07, 6.45) is 0. The van der Waals surface area contributed by atoms with Gasteiger partial charge in [0.1, 0.15) is 6.54 Å². The monoisotopic (exact) mass is 456 g/mol. The molecule has 0 unspecified atom stereocenters. The third kappa shape index (κ3) is 5.66. The summed E-state index contributed by atoms with van der Waals surface area (Å²) in [5.41, 5.74) is 4.45. The van der Waals surface area contributed by atoms with E-state index in [4.69, 9.17) is 11.6 Å². The van der Waals surface area contributed by atoms with Crippen LogP contribution in [0.4, 0.5) is 5.69 Å². The molecule has 3 aromatic rings. The van der Waals surface area contributed by atoms with Gasteiger partial charge in [-0.2, -0.15) is 0 Å². The van der Waals surface area contributed by atoms with Crippen LogP contribution in [0.15, 0.2) is 71.6 Å². The van der Waals surface area contributed by atoms with Crippen molar-refractivity contribution in [2.75, 3.05) is 10.8 Å².